The van der Waals surface area contributed by atoms with Gasteiger partial charge in [-0.05, 0) is 18.2 Å². The van der Waals surface area contributed by atoms with E-state index in [2.05, 4.69) is 10.3 Å². The summed E-state index contributed by atoms with van der Waals surface area (Å²) in [5.41, 5.74) is 0.870. The molecule has 2 heterocycles. The molecule has 0 spiro atoms. The molecule has 1 aliphatic rings. The number of pyridine rings is 1. The van der Waals surface area contributed by atoms with Gasteiger partial charge in [-0.25, -0.2) is 4.39 Å². The molecule has 4 nitrogen and oxygen atoms in total. The van der Waals surface area contributed by atoms with Crippen LogP contribution in [0.25, 0.3) is 0 Å². The zero-order chi connectivity index (χ0) is 14.5. The van der Waals surface area contributed by atoms with Crippen LogP contribution in [0.1, 0.15) is 11.7 Å². The first-order chi connectivity index (χ1) is 10.3. The lowest BCUT2D eigenvalue weighted by Gasteiger charge is -2.31. The maximum atomic E-state index is 13.8. The standard InChI is InChI=1S/C16H17FN2O2/c17-13-5-1-2-6-14(13)21-16(12-4-3-7-18-10-12)15-11-19-8-9-20-15/h1-7,10,15-16,19H,8-9,11H2/t15?,16-/m0/s1. The summed E-state index contributed by atoms with van der Waals surface area (Å²) in [5, 5.41) is 3.27. The number of benzene rings is 1. The minimum Gasteiger partial charge on any atom is -0.480 e. The van der Waals surface area contributed by atoms with Crippen LogP contribution in [0.15, 0.2) is 48.8 Å². The van der Waals surface area contributed by atoms with E-state index in [1.54, 1.807) is 30.6 Å². The molecule has 3 rings (SSSR count). The molecule has 21 heavy (non-hydrogen) atoms. The molecular weight excluding hydrogens is 271 g/mol. The van der Waals surface area contributed by atoms with E-state index >= 15 is 0 Å². The van der Waals surface area contributed by atoms with Crippen molar-refractivity contribution < 1.29 is 13.9 Å². The van der Waals surface area contributed by atoms with E-state index in [0.29, 0.717) is 13.2 Å². The third-order valence-electron chi connectivity index (χ3n) is 3.40. The summed E-state index contributed by atoms with van der Waals surface area (Å²) < 4.78 is 25.5. The molecular formula is C16H17FN2O2. The average Bonchev–Trinajstić information content (AvgIpc) is 2.56. The van der Waals surface area contributed by atoms with Gasteiger partial charge in [0.25, 0.3) is 0 Å². The topological polar surface area (TPSA) is 43.4 Å². The molecule has 0 radical (unpaired) electrons. The third-order valence-corrected chi connectivity index (χ3v) is 3.40. The summed E-state index contributed by atoms with van der Waals surface area (Å²) in [5.74, 6) is -0.157. The Hall–Kier alpha value is -1.98. The SMILES string of the molecule is Fc1ccccc1O[C@@H](c1cccnc1)C1CNCCO1. The van der Waals surface area contributed by atoms with Crippen molar-refractivity contribution in [3.63, 3.8) is 0 Å². The molecule has 1 fully saturated rings. The minimum absolute atomic E-state index is 0.178. The van der Waals surface area contributed by atoms with Gasteiger partial charge in [0, 0.05) is 31.0 Å². The molecule has 1 unspecified atom stereocenters. The van der Waals surface area contributed by atoms with E-state index < -0.39 is 6.10 Å². The lowest BCUT2D eigenvalue weighted by Crippen LogP contribution is -2.43. The predicted octanol–water partition coefficient (Wildman–Crippen LogP) is 2.33. The van der Waals surface area contributed by atoms with Gasteiger partial charge in [0.2, 0.25) is 0 Å². The average molecular weight is 288 g/mol. The van der Waals surface area contributed by atoms with Gasteiger partial charge < -0.3 is 14.8 Å². The predicted molar refractivity (Wildman–Crippen MR) is 76.6 cm³/mol. The molecule has 110 valence electrons. The molecule has 1 N–H and O–H groups in total. The van der Waals surface area contributed by atoms with E-state index in [1.165, 1.54) is 6.07 Å². The van der Waals surface area contributed by atoms with Gasteiger partial charge in [-0.2, -0.15) is 0 Å². The number of ether oxygens (including phenoxy) is 2. The van der Waals surface area contributed by atoms with Gasteiger partial charge in [0.05, 0.1) is 6.61 Å². The number of nitrogens with zero attached hydrogens (tertiary/aromatic N) is 1. The van der Waals surface area contributed by atoms with Crippen molar-refractivity contribution in [3.8, 4) is 5.75 Å². The quantitative estimate of drug-likeness (QED) is 0.937. The number of hydrogen-bond donors (Lipinski definition) is 1. The number of hydrogen-bond acceptors (Lipinski definition) is 4. The third kappa shape index (κ3) is 3.37. The Morgan fingerprint density at radius 3 is 2.90 bits per heavy atom. The second-order valence-corrected chi connectivity index (χ2v) is 4.87. The van der Waals surface area contributed by atoms with Crippen molar-refractivity contribution in [1.82, 2.24) is 10.3 Å². The lowest BCUT2D eigenvalue weighted by molar-refractivity contribution is -0.0443. The maximum Gasteiger partial charge on any atom is 0.165 e. The van der Waals surface area contributed by atoms with Gasteiger partial charge in [-0.1, -0.05) is 18.2 Å². The molecule has 0 amide bonds. The van der Waals surface area contributed by atoms with Crippen LogP contribution in [0.3, 0.4) is 0 Å². The van der Waals surface area contributed by atoms with Crippen molar-refractivity contribution in [2.75, 3.05) is 19.7 Å². The van der Waals surface area contributed by atoms with Crippen LogP contribution in [0, 0.1) is 5.82 Å². The van der Waals surface area contributed by atoms with Crippen molar-refractivity contribution in [1.29, 1.82) is 0 Å². The highest BCUT2D eigenvalue weighted by Crippen LogP contribution is 2.28. The Morgan fingerprint density at radius 1 is 1.29 bits per heavy atom. The van der Waals surface area contributed by atoms with Gasteiger partial charge >= 0.3 is 0 Å². The highest BCUT2D eigenvalue weighted by atomic mass is 19.1. The van der Waals surface area contributed by atoms with Crippen LogP contribution in [-0.4, -0.2) is 30.8 Å². The highest BCUT2D eigenvalue weighted by molar-refractivity contribution is 5.26. The summed E-state index contributed by atoms with van der Waals surface area (Å²) >= 11 is 0. The summed E-state index contributed by atoms with van der Waals surface area (Å²) in [7, 11) is 0. The molecule has 0 saturated carbocycles. The Morgan fingerprint density at radius 2 is 2.19 bits per heavy atom. The number of para-hydroxylation sites is 1. The van der Waals surface area contributed by atoms with Crippen LogP contribution in [0.4, 0.5) is 4.39 Å². The van der Waals surface area contributed by atoms with Crippen molar-refractivity contribution in [3.05, 3.63) is 60.2 Å². The summed E-state index contributed by atoms with van der Waals surface area (Å²) in [6, 6.07) is 10.1. The van der Waals surface area contributed by atoms with Crippen molar-refractivity contribution >= 4 is 0 Å². The number of aromatic nitrogens is 1. The Kier molecular flexibility index (Phi) is 4.43. The summed E-state index contributed by atoms with van der Waals surface area (Å²) in [4.78, 5) is 4.11. The Bertz CT molecular complexity index is 573. The maximum absolute atomic E-state index is 13.8. The number of rotatable bonds is 4. The second-order valence-electron chi connectivity index (χ2n) is 4.87. The van der Waals surface area contributed by atoms with E-state index in [0.717, 1.165) is 12.1 Å². The van der Waals surface area contributed by atoms with Crippen LogP contribution in [-0.2, 0) is 4.74 Å². The number of halogens is 1. The normalized spacial score (nSPS) is 20.0. The van der Waals surface area contributed by atoms with E-state index in [1.807, 2.05) is 12.1 Å². The fourth-order valence-corrected chi connectivity index (χ4v) is 2.36. The van der Waals surface area contributed by atoms with Gasteiger partial charge in [0.15, 0.2) is 17.7 Å². The van der Waals surface area contributed by atoms with E-state index in [4.69, 9.17) is 9.47 Å². The zero-order valence-corrected chi connectivity index (χ0v) is 11.5. The molecule has 1 aromatic heterocycles. The molecule has 5 heteroatoms. The Labute approximate surface area is 122 Å². The monoisotopic (exact) mass is 288 g/mol. The first-order valence-corrected chi connectivity index (χ1v) is 6.98. The fraction of sp³-hybridized carbons (Fsp3) is 0.312. The Balaban J connectivity index is 1.87. The first kappa shape index (κ1) is 14.0. The molecule has 1 saturated heterocycles. The van der Waals surface area contributed by atoms with Crippen LogP contribution >= 0.6 is 0 Å². The summed E-state index contributed by atoms with van der Waals surface area (Å²) in [6.45, 7) is 2.09. The molecule has 0 bridgehead atoms. The van der Waals surface area contributed by atoms with Crippen molar-refractivity contribution in [2.45, 2.75) is 12.2 Å². The van der Waals surface area contributed by atoms with Crippen LogP contribution in [0.5, 0.6) is 5.75 Å². The van der Waals surface area contributed by atoms with Gasteiger partial charge in [-0.15, -0.1) is 0 Å². The van der Waals surface area contributed by atoms with E-state index in [9.17, 15) is 4.39 Å². The molecule has 1 aliphatic heterocycles. The number of morpholine rings is 1. The number of nitrogens with one attached hydrogen (secondary N) is 1. The largest absolute Gasteiger partial charge is 0.480 e. The summed E-state index contributed by atoms with van der Waals surface area (Å²) in [6.07, 6.45) is 2.85. The minimum atomic E-state index is -0.400. The fourth-order valence-electron chi connectivity index (χ4n) is 2.36. The lowest BCUT2D eigenvalue weighted by atomic mass is 10.1. The highest BCUT2D eigenvalue weighted by Gasteiger charge is 2.28. The van der Waals surface area contributed by atoms with Gasteiger partial charge in [0.1, 0.15) is 6.10 Å². The smallest absolute Gasteiger partial charge is 0.165 e. The molecule has 1 aromatic carbocycles. The van der Waals surface area contributed by atoms with Crippen LogP contribution < -0.4 is 10.1 Å². The van der Waals surface area contributed by atoms with Crippen LogP contribution in [0.2, 0.25) is 0 Å². The zero-order valence-electron chi connectivity index (χ0n) is 11.5. The van der Waals surface area contributed by atoms with E-state index in [-0.39, 0.29) is 17.7 Å². The second kappa shape index (κ2) is 6.65. The van der Waals surface area contributed by atoms with Crippen molar-refractivity contribution in [2.24, 2.45) is 0 Å². The molecule has 2 atom stereocenters. The first-order valence-electron chi connectivity index (χ1n) is 6.98. The van der Waals surface area contributed by atoms with Gasteiger partial charge in [-0.3, -0.25) is 4.98 Å². The molecule has 2 aromatic rings. The molecule has 0 aliphatic carbocycles.